The Morgan fingerprint density at radius 1 is 1.00 bits per heavy atom. The van der Waals surface area contributed by atoms with Crippen molar-refractivity contribution in [3.05, 3.63) is 59.7 Å². The molecule has 0 aromatic heterocycles. The van der Waals surface area contributed by atoms with E-state index in [2.05, 4.69) is 10.1 Å². The predicted octanol–water partition coefficient (Wildman–Crippen LogP) is 4.18. The van der Waals surface area contributed by atoms with Crippen molar-refractivity contribution in [2.75, 3.05) is 5.32 Å². The highest BCUT2D eigenvalue weighted by atomic mass is 19.3. The maximum absolute atomic E-state index is 13.4. The lowest BCUT2D eigenvalue weighted by atomic mass is 10.2. The molecule has 6 heteroatoms. The number of hydrogen-bond donors (Lipinski definition) is 1. The van der Waals surface area contributed by atoms with Crippen molar-refractivity contribution in [1.82, 2.24) is 0 Å². The quantitative estimate of drug-likeness (QED) is 0.832. The molecule has 2 nitrogen and oxygen atoms in total. The van der Waals surface area contributed by atoms with Gasteiger partial charge in [0.1, 0.15) is 5.75 Å². The van der Waals surface area contributed by atoms with Crippen molar-refractivity contribution in [1.29, 1.82) is 0 Å². The average molecular weight is 285 g/mol. The van der Waals surface area contributed by atoms with Crippen LogP contribution in [0.5, 0.6) is 5.75 Å². The minimum atomic E-state index is -2.88. The molecule has 0 aliphatic rings. The van der Waals surface area contributed by atoms with Crippen molar-refractivity contribution in [2.45, 2.75) is 13.2 Å². The largest absolute Gasteiger partial charge is 0.435 e. The second-order valence-corrected chi connectivity index (χ2v) is 3.97. The fourth-order valence-electron chi connectivity index (χ4n) is 1.64. The Hall–Kier alpha value is -2.24. The van der Waals surface area contributed by atoms with Crippen LogP contribution in [0.4, 0.5) is 23.2 Å². The first-order chi connectivity index (χ1) is 9.56. The lowest BCUT2D eigenvalue weighted by Gasteiger charge is -2.09. The van der Waals surface area contributed by atoms with Crippen LogP contribution in [0.1, 0.15) is 5.56 Å². The molecule has 0 radical (unpaired) electrons. The van der Waals surface area contributed by atoms with Gasteiger partial charge in [-0.2, -0.15) is 8.78 Å². The fraction of sp³-hybridized carbons (Fsp3) is 0.143. The van der Waals surface area contributed by atoms with E-state index >= 15 is 0 Å². The number of hydrogen-bond acceptors (Lipinski definition) is 2. The molecule has 0 bridgehead atoms. The van der Waals surface area contributed by atoms with Crippen molar-refractivity contribution in [3.63, 3.8) is 0 Å². The molecule has 0 spiro atoms. The Morgan fingerprint density at radius 3 is 2.35 bits per heavy atom. The maximum atomic E-state index is 13.4. The van der Waals surface area contributed by atoms with Gasteiger partial charge in [-0.05, 0) is 30.3 Å². The second kappa shape index (κ2) is 6.27. The van der Waals surface area contributed by atoms with Crippen molar-refractivity contribution in [3.8, 4) is 5.75 Å². The van der Waals surface area contributed by atoms with Gasteiger partial charge < -0.3 is 10.1 Å². The van der Waals surface area contributed by atoms with Crippen LogP contribution in [0.25, 0.3) is 0 Å². The van der Waals surface area contributed by atoms with Crippen LogP contribution >= 0.6 is 0 Å². The zero-order valence-electron chi connectivity index (χ0n) is 10.2. The molecule has 2 aromatic carbocycles. The minimum Gasteiger partial charge on any atom is -0.435 e. The first-order valence-electron chi connectivity index (χ1n) is 5.78. The van der Waals surface area contributed by atoms with Crippen molar-refractivity contribution >= 4 is 5.69 Å². The van der Waals surface area contributed by atoms with Crippen LogP contribution in [0.15, 0.2) is 42.5 Å². The lowest BCUT2D eigenvalue weighted by Crippen LogP contribution is -2.04. The van der Waals surface area contributed by atoms with E-state index in [9.17, 15) is 17.6 Å². The fourth-order valence-corrected chi connectivity index (χ4v) is 1.64. The molecule has 2 aromatic rings. The zero-order valence-corrected chi connectivity index (χ0v) is 10.2. The number of rotatable bonds is 5. The normalized spacial score (nSPS) is 10.7. The van der Waals surface area contributed by atoms with E-state index in [0.717, 1.165) is 6.07 Å². The van der Waals surface area contributed by atoms with Crippen LogP contribution in [-0.2, 0) is 6.54 Å². The molecule has 2 rings (SSSR count). The molecule has 20 heavy (non-hydrogen) atoms. The summed E-state index contributed by atoms with van der Waals surface area (Å²) in [5.74, 6) is -1.79. The average Bonchev–Trinajstić information content (AvgIpc) is 2.41. The van der Waals surface area contributed by atoms with E-state index in [1.165, 1.54) is 36.4 Å². The molecule has 0 aliphatic heterocycles. The Bertz CT molecular complexity index is 572. The van der Waals surface area contributed by atoms with Gasteiger partial charge in [0.25, 0.3) is 0 Å². The Kier molecular flexibility index (Phi) is 4.45. The van der Waals surface area contributed by atoms with Gasteiger partial charge in [0.05, 0.1) is 0 Å². The van der Waals surface area contributed by atoms with Gasteiger partial charge in [-0.15, -0.1) is 0 Å². The van der Waals surface area contributed by atoms with Gasteiger partial charge >= 0.3 is 6.61 Å². The van der Waals surface area contributed by atoms with Crippen LogP contribution < -0.4 is 10.1 Å². The van der Waals surface area contributed by atoms with Gasteiger partial charge in [0.15, 0.2) is 11.6 Å². The van der Waals surface area contributed by atoms with E-state index in [-0.39, 0.29) is 17.9 Å². The van der Waals surface area contributed by atoms with Gasteiger partial charge in [-0.25, -0.2) is 8.78 Å². The summed E-state index contributed by atoms with van der Waals surface area (Å²) in [4.78, 5) is 0. The summed E-state index contributed by atoms with van der Waals surface area (Å²) < 4.78 is 54.5. The third-order valence-corrected chi connectivity index (χ3v) is 2.59. The molecule has 106 valence electrons. The van der Waals surface area contributed by atoms with Crippen LogP contribution in [0, 0.1) is 11.6 Å². The summed E-state index contributed by atoms with van der Waals surface area (Å²) in [6.07, 6.45) is 0. The van der Waals surface area contributed by atoms with E-state index in [1.54, 1.807) is 0 Å². The molecule has 1 N–H and O–H groups in total. The smallest absolute Gasteiger partial charge is 0.387 e. The van der Waals surface area contributed by atoms with E-state index in [1.807, 2.05) is 0 Å². The highest BCUT2D eigenvalue weighted by Crippen LogP contribution is 2.19. The summed E-state index contributed by atoms with van der Waals surface area (Å²) in [6, 6.07) is 9.64. The third-order valence-electron chi connectivity index (χ3n) is 2.59. The molecule has 0 saturated carbocycles. The molecular formula is C14H11F4NO. The summed E-state index contributed by atoms with van der Waals surface area (Å²) in [5.41, 5.74) is 0.758. The molecule has 0 atom stereocenters. The molecule has 0 saturated heterocycles. The molecule has 0 heterocycles. The molecule has 0 amide bonds. The Labute approximate surface area is 113 Å². The molecule has 0 aliphatic carbocycles. The van der Waals surface area contributed by atoms with E-state index < -0.39 is 18.2 Å². The number of alkyl halides is 2. The summed E-state index contributed by atoms with van der Waals surface area (Å²) in [5, 5.41) is 2.86. The summed E-state index contributed by atoms with van der Waals surface area (Å²) in [7, 11) is 0. The number of anilines is 1. The summed E-state index contributed by atoms with van der Waals surface area (Å²) in [6.45, 7) is -2.80. The number of nitrogens with one attached hydrogen (secondary N) is 1. The zero-order chi connectivity index (χ0) is 14.5. The van der Waals surface area contributed by atoms with Gasteiger partial charge in [0.2, 0.25) is 0 Å². The molecular weight excluding hydrogens is 274 g/mol. The Morgan fingerprint density at radius 2 is 1.70 bits per heavy atom. The highest BCUT2D eigenvalue weighted by Gasteiger charge is 2.07. The molecule has 0 unspecified atom stereocenters. The number of ether oxygens (including phenoxy) is 1. The highest BCUT2D eigenvalue weighted by molar-refractivity contribution is 5.46. The standard InChI is InChI=1S/C14H11F4NO/c15-12-3-1-2-9(13(12)16)8-19-10-4-6-11(7-5-10)20-14(17)18/h1-7,14,19H,8H2. The third kappa shape index (κ3) is 3.63. The van der Waals surface area contributed by atoms with Crippen LogP contribution in [-0.4, -0.2) is 6.61 Å². The number of halogens is 4. The summed E-state index contributed by atoms with van der Waals surface area (Å²) >= 11 is 0. The molecule has 0 fully saturated rings. The van der Waals surface area contributed by atoms with Gasteiger partial charge in [0, 0.05) is 17.8 Å². The maximum Gasteiger partial charge on any atom is 0.387 e. The first-order valence-corrected chi connectivity index (χ1v) is 5.78. The van der Waals surface area contributed by atoms with E-state index in [4.69, 9.17) is 0 Å². The monoisotopic (exact) mass is 285 g/mol. The van der Waals surface area contributed by atoms with E-state index in [0.29, 0.717) is 5.69 Å². The topological polar surface area (TPSA) is 21.3 Å². The lowest BCUT2D eigenvalue weighted by molar-refractivity contribution is -0.0498. The van der Waals surface area contributed by atoms with Crippen molar-refractivity contribution in [2.24, 2.45) is 0 Å². The van der Waals surface area contributed by atoms with Crippen LogP contribution in [0.3, 0.4) is 0 Å². The van der Waals surface area contributed by atoms with Crippen molar-refractivity contribution < 1.29 is 22.3 Å². The Balaban J connectivity index is 1.99. The minimum absolute atomic E-state index is 0.0301. The number of benzene rings is 2. The van der Waals surface area contributed by atoms with Crippen LogP contribution in [0.2, 0.25) is 0 Å². The van der Waals surface area contributed by atoms with Gasteiger partial charge in [-0.1, -0.05) is 12.1 Å². The van der Waals surface area contributed by atoms with Gasteiger partial charge in [-0.3, -0.25) is 0 Å². The first kappa shape index (κ1) is 14.2. The predicted molar refractivity (Wildman–Crippen MR) is 66.8 cm³/mol. The SMILES string of the molecule is Fc1cccc(CNc2ccc(OC(F)F)cc2)c1F. The second-order valence-electron chi connectivity index (χ2n) is 3.97.